The minimum atomic E-state index is -0.379. The number of carbonyl (C=O) groups is 2. The van der Waals surface area contributed by atoms with E-state index in [2.05, 4.69) is 6.07 Å². The summed E-state index contributed by atoms with van der Waals surface area (Å²) < 4.78 is 0. The van der Waals surface area contributed by atoms with Crippen molar-refractivity contribution in [2.75, 3.05) is 18.0 Å². The molecule has 1 unspecified atom stereocenters. The molecule has 158 valence electrons. The molecule has 2 aliphatic heterocycles. The molecule has 5 nitrogen and oxygen atoms in total. The van der Waals surface area contributed by atoms with Gasteiger partial charge in [-0.15, -0.1) is 0 Å². The van der Waals surface area contributed by atoms with Crippen LogP contribution < -0.4 is 4.90 Å². The first-order valence-corrected chi connectivity index (χ1v) is 11.5. The van der Waals surface area contributed by atoms with E-state index in [1.54, 1.807) is 9.80 Å². The van der Waals surface area contributed by atoms with E-state index in [1.165, 1.54) is 17.3 Å². The molecule has 4 rings (SSSR count). The highest BCUT2D eigenvalue weighted by Gasteiger charge is 2.41. The molecule has 0 aliphatic carbocycles. The van der Waals surface area contributed by atoms with Crippen LogP contribution in [0.1, 0.15) is 30.4 Å². The zero-order chi connectivity index (χ0) is 21.8. The van der Waals surface area contributed by atoms with Crippen molar-refractivity contribution in [3.8, 4) is 6.07 Å². The van der Waals surface area contributed by atoms with Crippen LogP contribution in [0.3, 0.4) is 0 Å². The fourth-order valence-electron chi connectivity index (χ4n) is 3.98. The number of hydrogen-bond donors (Lipinski definition) is 0. The zero-order valence-electron chi connectivity index (χ0n) is 17.6. The van der Waals surface area contributed by atoms with Crippen molar-refractivity contribution in [1.82, 2.24) is 4.90 Å². The Morgan fingerprint density at radius 2 is 1.74 bits per heavy atom. The fraction of sp³-hybridized carbons (Fsp3) is 0.320. The van der Waals surface area contributed by atoms with E-state index < -0.39 is 0 Å². The van der Waals surface area contributed by atoms with Crippen LogP contribution in [-0.2, 0) is 16.0 Å². The molecule has 1 atom stereocenters. The zero-order valence-corrected chi connectivity index (χ0v) is 18.4. The van der Waals surface area contributed by atoms with E-state index in [9.17, 15) is 14.9 Å². The van der Waals surface area contributed by atoms with Gasteiger partial charge in [0.1, 0.15) is 16.7 Å². The highest BCUT2D eigenvalue weighted by atomic mass is 32.2. The predicted octanol–water partition coefficient (Wildman–Crippen LogP) is 4.43. The van der Waals surface area contributed by atoms with Gasteiger partial charge in [0, 0.05) is 18.8 Å². The molecule has 0 bridgehead atoms. The summed E-state index contributed by atoms with van der Waals surface area (Å²) in [6.45, 7) is 3.35. The van der Waals surface area contributed by atoms with Crippen LogP contribution in [0.2, 0.25) is 0 Å². The summed E-state index contributed by atoms with van der Waals surface area (Å²) in [7, 11) is 0. The first-order chi connectivity index (χ1) is 15.1. The minimum absolute atomic E-state index is 0.0653. The number of nitrogens with zero attached hydrogens (tertiary/aromatic N) is 3. The lowest BCUT2D eigenvalue weighted by Gasteiger charge is -2.27. The van der Waals surface area contributed by atoms with Gasteiger partial charge in [-0.2, -0.15) is 5.26 Å². The van der Waals surface area contributed by atoms with E-state index in [4.69, 9.17) is 0 Å². The van der Waals surface area contributed by atoms with Gasteiger partial charge < -0.3 is 4.90 Å². The maximum atomic E-state index is 13.4. The highest BCUT2D eigenvalue weighted by Crippen LogP contribution is 2.42. The summed E-state index contributed by atoms with van der Waals surface area (Å²) in [5.74, 6) is -0.361. The molecule has 2 aliphatic rings. The Bertz CT molecular complexity index is 1030. The number of thioether (sulfide) groups is 1. The quantitative estimate of drug-likeness (QED) is 0.531. The van der Waals surface area contributed by atoms with Crippen molar-refractivity contribution >= 4 is 29.3 Å². The van der Waals surface area contributed by atoms with Crippen molar-refractivity contribution in [2.45, 2.75) is 37.9 Å². The number of piperidine rings is 1. The molecule has 2 heterocycles. The third-order valence-corrected chi connectivity index (χ3v) is 6.95. The number of benzene rings is 2. The Hall–Kier alpha value is -3.04. The molecule has 2 fully saturated rings. The maximum absolute atomic E-state index is 13.4. The predicted molar refractivity (Wildman–Crippen MR) is 123 cm³/mol. The third kappa shape index (κ3) is 4.52. The lowest BCUT2D eigenvalue weighted by Crippen LogP contribution is -2.37. The summed E-state index contributed by atoms with van der Waals surface area (Å²) in [6.07, 6.45) is 3.55. The monoisotopic (exact) mass is 431 g/mol. The van der Waals surface area contributed by atoms with Crippen LogP contribution in [0.4, 0.5) is 5.69 Å². The van der Waals surface area contributed by atoms with Crippen molar-refractivity contribution < 1.29 is 9.59 Å². The van der Waals surface area contributed by atoms with E-state index in [0.29, 0.717) is 30.2 Å². The normalized spacial score (nSPS) is 20.5. The number of para-hydroxylation sites is 1. The second kappa shape index (κ2) is 9.40. The summed E-state index contributed by atoms with van der Waals surface area (Å²) in [6, 6.07) is 19.5. The Morgan fingerprint density at radius 3 is 2.39 bits per heavy atom. The number of carbonyl (C=O) groups excluding carboxylic acids is 2. The van der Waals surface area contributed by atoms with Gasteiger partial charge in [-0.25, -0.2) is 0 Å². The van der Waals surface area contributed by atoms with E-state index in [1.807, 2.05) is 61.5 Å². The number of rotatable bonds is 4. The van der Waals surface area contributed by atoms with Crippen molar-refractivity contribution in [2.24, 2.45) is 0 Å². The number of anilines is 1. The number of likely N-dealkylation sites (tertiary alicyclic amines) is 1. The van der Waals surface area contributed by atoms with E-state index in [0.717, 1.165) is 24.8 Å². The van der Waals surface area contributed by atoms with Gasteiger partial charge in [-0.05, 0) is 50.3 Å². The Labute approximate surface area is 187 Å². The lowest BCUT2D eigenvalue weighted by molar-refractivity contribution is -0.127. The molecule has 0 N–H and O–H groups in total. The van der Waals surface area contributed by atoms with Gasteiger partial charge in [0.05, 0.1) is 5.25 Å². The van der Waals surface area contributed by atoms with Gasteiger partial charge in [0.2, 0.25) is 5.91 Å². The SMILES string of the molecule is Cc1ccc(CC2SC(=C(C#N)C(=O)N3CCCCC3)N(c3ccccc3)C2=O)cc1. The Morgan fingerprint density at radius 1 is 1.06 bits per heavy atom. The summed E-state index contributed by atoms with van der Waals surface area (Å²) in [5, 5.41) is 10.0. The summed E-state index contributed by atoms with van der Waals surface area (Å²) in [5.41, 5.74) is 2.97. The minimum Gasteiger partial charge on any atom is -0.338 e. The van der Waals surface area contributed by atoms with Gasteiger partial charge in [-0.1, -0.05) is 59.8 Å². The molecule has 0 spiro atoms. The largest absolute Gasteiger partial charge is 0.338 e. The van der Waals surface area contributed by atoms with Gasteiger partial charge in [-0.3, -0.25) is 14.5 Å². The van der Waals surface area contributed by atoms with Gasteiger partial charge in [0.15, 0.2) is 0 Å². The average Bonchev–Trinajstić information content (AvgIpc) is 3.12. The van der Waals surface area contributed by atoms with Gasteiger partial charge >= 0.3 is 0 Å². The van der Waals surface area contributed by atoms with Gasteiger partial charge in [0.25, 0.3) is 5.91 Å². The highest BCUT2D eigenvalue weighted by molar-refractivity contribution is 8.05. The molecule has 0 radical (unpaired) electrons. The molecule has 2 aromatic carbocycles. The van der Waals surface area contributed by atoms with Crippen LogP contribution >= 0.6 is 11.8 Å². The molecule has 0 aromatic heterocycles. The summed E-state index contributed by atoms with van der Waals surface area (Å²) in [4.78, 5) is 29.9. The molecular weight excluding hydrogens is 406 g/mol. The Balaban J connectivity index is 1.71. The van der Waals surface area contributed by atoms with E-state index in [-0.39, 0.29) is 22.6 Å². The first kappa shape index (κ1) is 21.2. The lowest BCUT2D eigenvalue weighted by atomic mass is 10.1. The topological polar surface area (TPSA) is 64.4 Å². The van der Waals surface area contributed by atoms with Crippen molar-refractivity contribution in [3.63, 3.8) is 0 Å². The molecule has 0 saturated carbocycles. The van der Waals surface area contributed by atoms with Crippen molar-refractivity contribution in [1.29, 1.82) is 5.26 Å². The van der Waals surface area contributed by atoms with Crippen LogP contribution in [0.5, 0.6) is 0 Å². The number of nitriles is 1. The first-order valence-electron chi connectivity index (χ1n) is 10.6. The molecular formula is C25H25N3O2S. The Kier molecular flexibility index (Phi) is 6.43. The van der Waals surface area contributed by atoms with Crippen molar-refractivity contribution in [3.05, 3.63) is 76.3 Å². The van der Waals surface area contributed by atoms with Crippen LogP contribution in [0.15, 0.2) is 65.2 Å². The number of hydrogen-bond acceptors (Lipinski definition) is 4. The molecule has 2 saturated heterocycles. The number of amides is 2. The van der Waals surface area contributed by atoms with Crippen LogP contribution in [-0.4, -0.2) is 35.1 Å². The third-order valence-electron chi connectivity index (χ3n) is 5.69. The molecule has 2 amide bonds. The van der Waals surface area contributed by atoms with E-state index >= 15 is 0 Å². The molecule has 2 aromatic rings. The maximum Gasteiger partial charge on any atom is 0.267 e. The number of aryl methyl sites for hydroxylation is 1. The molecule has 31 heavy (non-hydrogen) atoms. The summed E-state index contributed by atoms with van der Waals surface area (Å²) >= 11 is 1.33. The van der Waals surface area contributed by atoms with Crippen LogP contribution in [0.25, 0.3) is 0 Å². The second-order valence-electron chi connectivity index (χ2n) is 7.95. The molecule has 6 heteroatoms. The second-order valence-corrected chi connectivity index (χ2v) is 9.14. The fourth-order valence-corrected chi connectivity index (χ4v) is 5.29. The smallest absolute Gasteiger partial charge is 0.267 e. The average molecular weight is 432 g/mol. The van der Waals surface area contributed by atoms with Crippen LogP contribution in [0, 0.1) is 18.3 Å². The standard InChI is InChI=1S/C25H25N3O2S/c1-18-10-12-19(13-11-18)16-22-24(30)28(20-8-4-2-5-9-20)25(31-22)21(17-26)23(29)27-14-6-3-7-15-27/h2,4-5,8-13,22H,3,6-7,14-16H2,1H3.